The van der Waals surface area contributed by atoms with E-state index in [0.717, 1.165) is 5.56 Å². The molecule has 0 spiro atoms. The Morgan fingerprint density at radius 3 is 1.97 bits per heavy atom. The van der Waals surface area contributed by atoms with Crippen molar-refractivity contribution in [2.24, 2.45) is 0 Å². The Hall–Kier alpha value is -2.93. The molecule has 0 saturated carbocycles. The zero-order valence-electron chi connectivity index (χ0n) is 19.6. The lowest BCUT2D eigenvalue weighted by Crippen LogP contribution is -2.23. The van der Waals surface area contributed by atoms with Gasteiger partial charge in [-0.2, -0.15) is 26.3 Å². The third kappa shape index (κ3) is 4.85. The summed E-state index contributed by atoms with van der Waals surface area (Å²) in [6.07, 6.45) is -10.2. The first-order valence-electron chi connectivity index (χ1n) is 11.0. The van der Waals surface area contributed by atoms with E-state index in [0.29, 0.717) is 12.1 Å². The first-order valence-corrected chi connectivity index (χ1v) is 12.9. The van der Waals surface area contributed by atoms with Crippen molar-refractivity contribution in [1.82, 2.24) is 0 Å². The SMILES string of the molecule is CC(C)(C)[P@@]1(=O)COc2c(-c3cc(C(F)(F)F)cc(C(F)(F)F)c3)ccc(OCc3ccccc3)c21. The average Bonchev–Trinajstić information content (AvgIpc) is 3.16. The lowest BCUT2D eigenvalue weighted by molar-refractivity contribution is -0.143. The summed E-state index contributed by atoms with van der Waals surface area (Å²) in [6, 6.07) is 13.3. The maximum Gasteiger partial charge on any atom is 0.416 e. The van der Waals surface area contributed by atoms with E-state index >= 15 is 0 Å². The van der Waals surface area contributed by atoms with Crippen molar-refractivity contribution in [3.63, 3.8) is 0 Å². The standard InChI is InChI=1S/C26H23F6O3P/c1-24(2,3)36(33)15-35-22-20(9-10-21(23(22)36)34-14-16-7-5-4-6-8-16)17-11-18(25(27,28)29)13-19(12-17)26(30,31)32/h4-13H,14-15H2,1-3H3/t36-/m1/s1. The molecule has 36 heavy (non-hydrogen) atoms. The molecule has 0 amide bonds. The van der Waals surface area contributed by atoms with Gasteiger partial charge in [0.1, 0.15) is 24.5 Å². The van der Waals surface area contributed by atoms with Crippen molar-refractivity contribution in [1.29, 1.82) is 0 Å². The zero-order valence-corrected chi connectivity index (χ0v) is 20.5. The number of alkyl halides is 6. The van der Waals surface area contributed by atoms with Gasteiger partial charge < -0.3 is 14.0 Å². The molecule has 3 aromatic carbocycles. The van der Waals surface area contributed by atoms with Crippen LogP contribution in [-0.2, 0) is 23.5 Å². The average molecular weight is 528 g/mol. The second-order valence-electron chi connectivity index (χ2n) is 9.54. The number of benzene rings is 3. The molecule has 0 aromatic heterocycles. The largest absolute Gasteiger partial charge is 0.488 e. The van der Waals surface area contributed by atoms with Gasteiger partial charge in [0.05, 0.1) is 16.4 Å². The van der Waals surface area contributed by atoms with Crippen LogP contribution in [0.4, 0.5) is 26.3 Å². The van der Waals surface area contributed by atoms with Gasteiger partial charge in [0.25, 0.3) is 0 Å². The van der Waals surface area contributed by atoms with Gasteiger partial charge in [-0.05, 0) is 41.5 Å². The molecule has 1 heterocycles. The van der Waals surface area contributed by atoms with Gasteiger partial charge in [0.2, 0.25) is 0 Å². The summed E-state index contributed by atoms with van der Waals surface area (Å²) in [4.78, 5) is 0. The summed E-state index contributed by atoms with van der Waals surface area (Å²) in [5.41, 5.74) is -2.42. The van der Waals surface area contributed by atoms with Crippen LogP contribution in [0.5, 0.6) is 11.5 Å². The Labute approximate surface area is 204 Å². The predicted molar refractivity (Wildman–Crippen MR) is 125 cm³/mol. The molecule has 0 saturated heterocycles. The molecule has 0 unspecified atom stereocenters. The molecule has 0 bridgehead atoms. The topological polar surface area (TPSA) is 35.5 Å². The molecule has 0 aliphatic carbocycles. The molecule has 0 fully saturated rings. The van der Waals surface area contributed by atoms with Crippen molar-refractivity contribution < 1.29 is 40.4 Å². The maximum absolute atomic E-state index is 14.2. The molecule has 0 N–H and O–H groups in total. The van der Waals surface area contributed by atoms with Crippen molar-refractivity contribution in [2.45, 2.75) is 44.9 Å². The lowest BCUT2D eigenvalue weighted by Gasteiger charge is -2.27. The van der Waals surface area contributed by atoms with E-state index in [1.807, 2.05) is 30.3 Å². The highest BCUT2D eigenvalue weighted by molar-refractivity contribution is 7.73. The normalized spacial score (nSPS) is 18.0. The van der Waals surface area contributed by atoms with E-state index in [2.05, 4.69) is 0 Å². The summed E-state index contributed by atoms with van der Waals surface area (Å²) in [5, 5.41) is -0.610. The van der Waals surface area contributed by atoms with Crippen molar-refractivity contribution in [3.05, 3.63) is 77.4 Å². The zero-order chi connectivity index (χ0) is 26.5. The summed E-state index contributed by atoms with van der Waals surface area (Å²) >= 11 is 0. The molecule has 1 atom stereocenters. The predicted octanol–water partition coefficient (Wildman–Crippen LogP) is 8.11. The van der Waals surface area contributed by atoms with Crippen LogP contribution >= 0.6 is 7.14 Å². The van der Waals surface area contributed by atoms with E-state index in [1.165, 1.54) is 12.1 Å². The summed E-state index contributed by atoms with van der Waals surface area (Å²) in [7, 11) is -3.33. The molecule has 0 radical (unpaired) electrons. The van der Waals surface area contributed by atoms with Crippen LogP contribution < -0.4 is 14.8 Å². The van der Waals surface area contributed by atoms with E-state index in [-0.39, 0.29) is 47.0 Å². The Morgan fingerprint density at radius 1 is 0.861 bits per heavy atom. The number of ether oxygens (including phenoxy) is 2. The molecule has 192 valence electrons. The van der Waals surface area contributed by atoms with Crippen LogP contribution in [0, 0.1) is 0 Å². The number of halogens is 6. The van der Waals surface area contributed by atoms with Gasteiger partial charge >= 0.3 is 12.4 Å². The smallest absolute Gasteiger partial charge is 0.416 e. The minimum Gasteiger partial charge on any atom is -0.488 e. The highest BCUT2D eigenvalue weighted by atomic mass is 31.2. The van der Waals surface area contributed by atoms with Crippen LogP contribution in [0.15, 0.2) is 60.7 Å². The summed E-state index contributed by atoms with van der Waals surface area (Å²) < 4.78 is 107. The fraction of sp³-hybridized carbons (Fsp3) is 0.308. The Morgan fingerprint density at radius 2 is 1.44 bits per heavy atom. The molecule has 3 aromatic rings. The Balaban J connectivity index is 1.91. The highest BCUT2D eigenvalue weighted by Gasteiger charge is 2.48. The van der Waals surface area contributed by atoms with E-state index < -0.39 is 35.8 Å². The number of rotatable bonds is 4. The number of fused-ring (bicyclic) bond motifs is 1. The Kier molecular flexibility index (Phi) is 6.44. The summed E-state index contributed by atoms with van der Waals surface area (Å²) in [6.45, 7) is 5.35. The minimum atomic E-state index is -5.00. The van der Waals surface area contributed by atoms with E-state index in [1.54, 1.807) is 20.8 Å². The van der Waals surface area contributed by atoms with Crippen molar-refractivity contribution in [2.75, 3.05) is 6.35 Å². The van der Waals surface area contributed by atoms with Gasteiger partial charge in [-0.1, -0.05) is 51.1 Å². The third-order valence-corrected chi connectivity index (χ3v) is 9.87. The maximum atomic E-state index is 14.2. The number of hydrogen-bond acceptors (Lipinski definition) is 3. The van der Waals surface area contributed by atoms with Gasteiger partial charge in [-0.25, -0.2) is 0 Å². The van der Waals surface area contributed by atoms with Gasteiger partial charge in [0.15, 0.2) is 7.14 Å². The molecule has 4 rings (SSSR count). The molecular formula is C26H23F6O3P. The Bertz CT molecular complexity index is 1290. The second kappa shape index (κ2) is 8.87. The van der Waals surface area contributed by atoms with Gasteiger partial charge in [0, 0.05) is 10.7 Å². The molecule has 1 aliphatic rings. The first-order chi connectivity index (χ1) is 16.6. The second-order valence-corrected chi connectivity index (χ2v) is 13.1. The number of hydrogen-bond donors (Lipinski definition) is 0. The fourth-order valence-corrected chi connectivity index (χ4v) is 6.49. The van der Waals surface area contributed by atoms with Crippen molar-refractivity contribution in [3.8, 4) is 22.6 Å². The van der Waals surface area contributed by atoms with Gasteiger partial charge in [-0.3, -0.25) is 0 Å². The van der Waals surface area contributed by atoms with E-state index in [9.17, 15) is 30.9 Å². The molecule has 10 heteroatoms. The third-order valence-electron chi connectivity index (χ3n) is 6.07. The first kappa shape index (κ1) is 26.1. The summed E-state index contributed by atoms with van der Waals surface area (Å²) in [5.74, 6) is 0.197. The lowest BCUT2D eigenvalue weighted by atomic mass is 9.98. The van der Waals surface area contributed by atoms with E-state index in [4.69, 9.17) is 9.47 Å². The van der Waals surface area contributed by atoms with Crippen LogP contribution in [0.25, 0.3) is 11.1 Å². The molecule has 1 aliphatic heterocycles. The monoisotopic (exact) mass is 528 g/mol. The van der Waals surface area contributed by atoms with Crippen molar-refractivity contribution >= 4 is 12.4 Å². The molecule has 3 nitrogen and oxygen atoms in total. The minimum absolute atomic E-state index is 0.0179. The fourth-order valence-electron chi connectivity index (χ4n) is 3.98. The van der Waals surface area contributed by atoms with Crippen LogP contribution in [-0.4, -0.2) is 11.5 Å². The molecular weight excluding hydrogens is 505 g/mol. The van der Waals surface area contributed by atoms with Crippen LogP contribution in [0.1, 0.15) is 37.5 Å². The highest BCUT2D eigenvalue weighted by Crippen LogP contribution is 2.64. The quantitative estimate of drug-likeness (QED) is 0.254. The van der Waals surface area contributed by atoms with Crippen LogP contribution in [0.2, 0.25) is 0 Å². The van der Waals surface area contributed by atoms with Gasteiger partial charge in [-0.15, -0.1) is 0 Å². The van der Waals surface area contributed by atoms with Crippen LogP contribution in [0.3, 0.4) is 0 Å².